The van der Waals surface area contributed by atoms with E-state index in [1.807, 2.05) is 0 Å². The van der Waals surface area contributed by atoms with Crippen LogP contribution in [0.2, 0.25) is 0 Å². The second kappa shape index (κ2) is 13.1. The number of hydrogen-bond donors (Lipinski definition) is 0. The van der Waals surface area contributed by atoms with E-state index in [4.69, 9.17) is 28.4 Å². The molecule has 0 radical (unpaired) electrons. The average Bonchev–Trinajstić information content (AvgIpc) is 3.27. The minimum absolute atomic E-state index is 0.0153. The van der Waals surface area contributed by atoms with Crippen LogP contribution in [0, 0.1) is 0 Å². The molecule has 2 fully saturated rings. The summed E-state index contributed by atoms with van der Waals surface area (Å²) in [5.41, 5.74) is 0. The predicted molar refractivity (Wildman–Crippen MR) is 103 cm³/mol. The standard InChI is InChI=1S/C19H28N2O11/c1-27-7-9-29-11-17(20-13(22)3-4-14(20)23)31-19(26)32-18(12-30-10-8-28-2)21-15(24)5-6-16(21)25/h17-18H,3-12H2,1-2H3. The summed E-state index contributed by atoms with van der Waals surface area (Å²) >= 11 is 0. The van der Waals surface area contributed by atoms with E-state index >= 15 is 0 Å². The number of nitrogens with zero attached hydrogens (tertiary/aromatic N) is 2. The molecular weight excluding hydrogens is 432 g/mol. The lowest BCUT2D eigenvalue weighted by Crippen LogP contribution is -2.48. The predicted octanol–water partition coefficient (Wildman–Crippen LogP) is -0.584. The van der Waals surface area contributed by atoms with Crippen LogP contribution < -0.4 is 0 Å². The summed E-state index contributed by atoms with van der Waals surface area (Å²) in [5, 5.41) is 0. The molecule has 13 nitrogen and oxygen atoms in total. The van der Waals surface area contributed by atoms with Gasteiger partial charge in [0.05, 0.1) is 26.4 Å². The molecule has 2 heterocycles. The molecular formula is C19H28N2O11. The van der Waals surface area contributed by atoms with Gasteiger partial charge in [0.15, 0.2) is 0 Å². The van der Waals surface area contributed by atoms with Gasteiger partial charge in [-0.1, -0.05) is 0 Å². The van der Waals surface area contributed by atoms with Crippen molar-refractivity contribution in [3.63, 3.8) is 0 Å². The fourth-order valence-corrected chi connectivity index (χ4v) is 3.06. The van der Waals surface area contributed by atoms with Crippen molar-refractivity contribution in [3.05, 3.63) is 0 Å². The number of carbonyl (C=O) groups is 5. The first-order valence-electron chi connectivity index (χ1n) is 10.1. The topological polar surface area (TPSA) is 147 Å². The van der Waals surface area contributed by atoms with Gasteiger partial charge in [-0.3, -0.25) is 19.2 Å². The number of amides is 4. The van der Waals surface area contributed by atoms with Crippen LogP contribution in [-0.2, 0) is 47.6 Å². The van der Waals surface area contributed by atoms with Gasteiger partial charge in [0, 0.05) is 39.9 Å². The number of ether oxygens (including phenoxy) is 6. The molecule has 0 bridgehead atoms. The zero-order valence-electron chi connectivity index (χ0n) is 18.1. The number of methoxy groups -OCH3 is 2. The lowest BCUT2D eigenvalue weighted by atomic mass is 10.4. The van der Waals surface area contributed by atoms with Gasteiger partial charge >= 0.3 is 6.16 Å². The van der Waals surface area contributed by atoms with Crippen LogP contribution in [0.3, 0.4) is 0 Å². The molecule has 0 spiro atoms. The van der Waals surface area contributed by atoms with Gasteiger partial charge in [0.1, 0.15) is 13.2 Å². The Hall–Kier alpha value is -2.61. The third-order valence-electron chi connectivity index (χ3n) is 4.61. The van der Waals surface area contributed by atoms with E-state index in [1.54, 1.807) is 0 Å². The number of imide groups is 2. The highest BCUT2D eigenvalue weighted by Gasteiger charge is 2.40. The van der Waals surface area contributed by atoms with E-state index in [9.17, 15) is 24.0 Å². The lowest BCUT2D eigenvalue weighted by molar-refractivity contribution is -0.164. The van der Waals surface area contributed by atoms with Crippen LogP contribution in [-0.4, -0.2) is 106 Å². The molecule has 2 unspecified atom stereocenters. The number of hydrogen-bond acceptors (Lipinski definition) is 11. The molecule has 32 heavy (non-hydrogen) atoms. The Labute approximate surface area is 184 Å². The van der Waals surface area contributed by atoms with Crippen molar-refractivity contribution in [2.24, 2.45) is 0 Å². The van der Waals surface area contributed by atoms with E-state index in [-0.39, 0.29) is 65.3 Å². The van der Waals surface area contributed by atoms with Crippen molar-refractivity contribution < 1.29 is 52.4 Å². The molecule has 2 saturated heterocycles. The number of rotatable bonds is 14. The summed E-state index contributed by atoms with van der Waals surface area (Å²) < 4.78 is 30.7. The summed E-state index contributed by atoms with van der Waals surface area (Å²) in [6.07, 6.45) is -4.11. The zero-order chi connectivity index (χ0) is 23.5. The fourth-order valence-electron chi connectivity index (χ4n) is 3.06. The minimum atomic E-state index is -1.37. The van der Waals surface area contributed by atoms with Crippen LogP contribution in [0.1, 0.15) is 25.7 Å². The van der Waals surface area contributed by atoms with Crippen molar-refractivity contribution >= 4 is 29.8 Å². The largest absolute Gasteiger partial charge is 0.512 e. The zero-order valence-corrected chi connectivity index (χ0v) is 18.1. The molecule has 2 aliphatic rings. The summed E-state index contributed by atoms with van der Waals surface area (Å²) in [6, 6.07) is 0. The van der Waals surface area contributed by atoms with Gasteiger partial charge in [0.25, 0.3) is 0 Å². The van der Waals surface area contributed by atoms with Gasteiger partial charge in [-0.2, -0.15) is 0 Å². The Balaban J connectivity index is 2.05. The second-order valence-corrected chi connectivity index (χ2v) is 6.85. The first-order chi connectivity index (χ1) is 15.4. The Morgan fingerprint density at radius 2 is 1.03 bits per heavy atom. The molecule has 180 valence electrons. The SMILES string of the molecule is COCCOCC(OC(=O)OC(COCCOC)N1C(=O)CCC1=O)N1C(=O)CCC1=O. The van der Waals surface area contributed by atoms with Crippen LogP contribution >= 0.6 is 0 Å². The maximum absolute atomic E-state index is 12.5. The highest BCUT2D eigenvalue weighted by molar-refractivity contribution is 6.03. The molecule has 13 heteroatoms. The summed E-state index contributed by atoms with van der Waals surface area (Å²) in [6.45, 7) is 0.167. The molecule has 0 aromatic carbocycles. The highest BCUT2D eigenvalue weighted by Crippen LogP contribution is 2.20. The Kier molecular flexibility index (Phi) is 10.5. The third-order valence-corrected chi connectivity index (χ3v) is 4.61. The van der Waals surface area contributed by atoms with E-state index in [0.717, 1.165) is 9.80 Å². The molecule has 4 amide bonds. The van der Waals surface area contributed by atoms with Crippen molar-refractivity contribution in [1.82, 2.24) is 9.80 Å². The van der Waals surface area contributed by atoms with Crippen molar-refractivity contribution in [1.29, 1.82) is 0 Å². The van der Waals surface area contributed by atoms with Gasteiger partial charge in [-0.15, -0.1) is 0 Å². The molecule has 0 aliphatic carbocycles. The van der Waals surface area contributed by atoms with E-state index < -0.39 is 42.2 Å². The minimum Gasteiger partial charge on any atom is -0.407 e. The molecule has 0 aromatic rings. The first-order valence-corrected chi connectivity index (χ1v) is 10.1. The molecule has 2 aliphatic heterocycles. The van der Waals surface area contributed by atoms with E-state index in [1.165, 1.54) is 14.2 Å². The van der Waals surface area contributed by atoms with Gasteiger partial charge < -0.3 is 28.4 Å². The Morgan fingerprint density at radius 1 is 0.688 bits per heavy atom. The molecule has 0 N–H and O–H groups in total. The number of likely N-dealkylation sites (tertiary alicyclic amines) is 2. The highest BCUT2D eigenvalue weighted by atomic mass is 16.8. The third kappa shape index (κ3) is 7.22. The molecule has 2 atom stereocenters. The first kappa shape index (κ1) is 25.6. The summed E-state index contributed by atoms with van der Waals surface area (Å²) in [5.74, 6) is -2.08. The quantitative estimate of drug-likeness (QED) is 0.186. The van der Waals surface area contributed by atoms with E-state index in [2.05, 4.69) is 0 Å². The van der Waals surface area contributed by atoms with Crippen LogP contribution in [0.4, 0.5) is 4.79 Å². The van der Waals surface area contributed by atoms with Crippen LogP contribution in [0.15, 0.2) is 0 Å². The lowest BCUT2D eigenvalue weighted by Gasteiger charge is -2.28. The molecule has 2 rings (SSSR count). The van der Waals surface area contributed by atoms with Gasteiger partial charge in [0.2, 0.25) is 36.1 Å². The molecule has 0 aromatic heterocycles. The maximum Gasteiger partial charge on any atom is 0.512 e. The van der Waals surface area contributed by atoms with E-state index in [0.29, 0.717) is 0 Å². The van der Waals surface area contributed by atoms with Crippen molar-refractivity contribution in [2.45, 2.75) is 38.1 Å². The summed E-state index contributed by atoms with van der Waals surface area (Å²) in [7, 11) is 2.94. The second-order valence-electron chi connectivity index (χ2n) is 6.85. The average molecular weight is 460 g/mol. The maximum atomic E-state index is 12.5. The van der Waals surface area contributed by atoms with Crippen LogP contribution in [0.25, 0.3) is 0 Å². The number of carbonyl (C=O) groups excluding carboxylic acids is 5. The fraction of sp³-hybridized carbons (Fsp3) is 0.737. The Bertz CT molecular complexity index is 611. The smallest absolute Gasteiger partial charge is 0.407 e. The van der Waals surface area contributed by atoms with Crippen LogP contribution in [0.5, 0.6) is 0 Å². The normalized spacial score (nSPS) is 18.4. The summed E-state index contributed by atoms with van der Waals surface area (Å²) in [4.78, 5) is 62.4. The van der Waals surface area contributed by atoms with Crippen molar-refractivity contribution in [3.8, 4) is 0 Å². The van der Waals surface area contributed by atoms with Gasteiger partial charge in [-0.25, -0.2) is 14.6 Å². The van der Waals surface area contributed by atoms with Crippen molar-refractivity contribution in [2.75, 3.05) is 53.9 Å². The van der Waals surface area contributed by atoms with Gasteiger partial charge in [-0.05, 0) is 0 Å². The molecule has 0 saturated carbocycles. The monoisotopic (exact) mass is 460 g/mol. The Morgan fingerprint density at radius 3 is 1.34 bits per heavy atom.